The van der Waals surface area contributed by atoms with E-state index in [1.165, 1.54) is 6.26 Å². The van der Waals surface area contributed by atoms with Gasteiger partial charge in [0, 0.05) is 51.6 Å². The highest BCUT2D eigenvalue weighted by atomic mass is 32.2. The zero-order valence-electron chi connectivity index (χ0n) is 15.7. The first-order valence-electron chi connectivity index (χ1n) is 9.01. The lowest BCUT2D eigenvalue weighted by Crippen LogP contribution is -2.47. The largest absolute Gasteiger partial charge is 0.357 e. The Morgan fingerprint density at radius 1 is 1.17 bits per heavy atom. The number of piperazine rings is 1. The average molecular weight is 362 g/mol. The van der Waals surface area contributed by atoms with E-state index in [9.17, 15) is 8.42 Å². The van der Waals surface area contributed by atoms with Crippen LogP contribution in [0.15, 0.2) is 4.99 Å². The molecule has 142 valence electrons. The van der Waals surface area contributed by atoms with E-state index in [2.05, 4.69) is 32.3 Å². The van der Waals surface area contributed by atoms with E-state index < -0.39 is 9.84 Å². The van der Waals surface area contributed by atoms with Crippen LogP contribution < -0.4 is 10.6 Å². The molecule has 0 radical (unpaired) electrons. The molecule has 1 fully saturated rings. The molecule has 24 heavy (non-hydrogen) atoms. The Balaban J connectivity index is 2.36. The fourth-order valence-corrected chi connectivity index (χ4v) is 3.43. The number of sulfone groups is 1. The summed E-state index contributed by atoms with van der Waals surface area (Å²) in [6.07, 6.45) is 1.86. The summed E-state index contributed by atoms with van der Waals surface area (Å²) in [7, 11) is -2.92. The predicted molar refractivity (Wildman–Crippen MR) is 101 cm³/mol. The van der Waals surface area contributed by atoms with E-state index in [-0.39, 0.29) is 11.8 Å². The van der Waals surface area contributed by atoms with Gasteiger partial charge in [-0.1, -0.05) is 6.92 Å². The van der Waals surface area contributed by atoms with Crippen molar-refractivity contribution in [2.45, 2.75) is 33.2 Å². The molecule has 0 bridgehead atoms. The van der Waals surface area contributed by atoms with E-state index in [1.807, 2.05) is 13.8 Å². The van der Waals surface area contributed by atoms with Crippen molar-refractivity contribution >= 4 is 15.8 Å². The molecule has 0 aromatic carbocycles. The van der Waals surface area contributed by atoms with Gasteiger partial charge in [-0.05, 0) is 26.8 Å². The van der Waals surface area contributed by atoms with E-state index in [0.29, 0.717) is 6.42 Å². The molecule has 8 heteroatoms. The molecule has 1 unspecified atom stereocenters. The Morgan fingerprint density at radius 2 is 1.79 bits per heavy atom. The minimum Gasteiger partial charge on any atom is -0.357 e. The molecule has 0 aliphatic carbocycles. The Bertz CT molecular complexity index is 473. The third-order valence-electron chi connectivity index (χ3n) is 4.25. The molecule has 7 nitrogen and oxygen atoms in total. The van der Waals surface area contributed by atoms with Crippen molar-refractivity contribution in [1.82, 2.24) is 20.4 Å². The molecule has 0 aromatic heterocycles. The Morgan fingerprint density at radius 3 is 2.33 bits per heavy atom. The summed E-state index contributed by atoms with van der Waals surface area (Å²) >= 11 is 0. The highest BCUT2D eigenvalue weighted by molar-refractivity contribution is 7.90. The van der Waals surface area contributed by atoms with Gasteiger partial charge < -0.3 is 15.5 Å². The number of aliphatic imine (C=N–C) groups is 1. The van der Waals surface area contributed by atoms with E-state index in [4.69, 9.17) is 0 Å². The fraction of sp³-hybridized carbons (Fsp3) is 0.938. The van der Waals surface area contributed by atoms with Crippen LogP contribution in [0.1, 0.15) is 27.2 Å². The molecular formula is C16H35N5O2S. The maximum absolute atomic E-state index is 11.3. The molecule has 2 N–H and O–H groups in total. The molecule has 1 heterocycles. The van der Waals surface area contributed by atoms with E-state index in [1.54, 1.807) is 0 Å². The molecular weight excluding hydrogens is 326 g/mol. The van der Waals surface area contributed by atoms with Gasteiger partial charge in [0.05, 0.1) is 12.3 Å². The first-order chi connectivity index (χ1) is 11.3. The summed E-state index contributed by atoms with van der Waals surface area (Å²) in [4.78, 5) is 9.54. The highest BCUT2D eigenvalue weighted by Gasteiger charge is 2.15. The first kappa shape index (κ1) is 21.2. The van der Waals surface area contributed by atoms with Gasteiger partial charge in [-0.15, -0.1) is 0 Å². The zero-order chi connectivity index (χ0) is 18.0. The summed E-state index contributed by atoms with van der Waals surface area (Å²) in [6.45, 7) is 14.4. The quantitative estimate of drug-likeness (QED) is 0.445. The van der Waals surface area contributed by atoms with Crippen LogP contribution in [0.5, 0.6) is 0 Å². The normalized spacial score (nSPS) is 19.2. The van der Waals surface area contributed by atoms with Crippen molar-refractivity contribution in [3.05, 3.63) is 0 Å². The number of hydrogen-bond acceptors (Lipinski definition) is 5. The van der Waals surface area contributed by atoms with Gasteiger partial charge >= 0.3 is 0 Å². The Kier molecular flexibility index (Phi) is 9.61. The van der Waals surface area contributed by atoms with Crippen LogP contribution in [0.2, 0.25) is 0 Å². The van der Waals surface area contributed by atoms with E-state index in [0.717, 1.165) is 58.3 Å². The van der Waals surface area contributed by atoms with Crippen molar-refractivity contribution in [3.63, 3.8) is 0 Å². The zero-order valence-corrected chi connectivity index (χ0v) is 16.5. The van der Waals surface area contributed by atoms with Crippen LogP contribution in [0, 0.1) is 0 Å². The number of nitrogens with zero attached hydrogens (tertiary/aromatic N) is 3. The van der Waals surface area contributed by atoms with Gasteiger partial charge in [-0.3, -0.25) is 9.89 Å². The maximum atomic E-state index is 11.3. The van der Waals surface area contributed by atoms with Crippen molar-refractivity contribution in [2.24, 2.45) is 4.99 Å². The summed E-state index contributed by atoms with van der Waals surface area (Å²) < 4.78 is 22.5. The van der Waals surface area contributed by atoms with Crippen molar-refractivity contribution in [3.8, 4) is 0 Å². The monoisotopic (exact) mass is 361 g/mol. The summed E-state index contributed by atoms with van der Waals surface area (Å²) in [6, 6.07) is 0.0747. The standard InChI is InChI=1S/C16H35N5O2S/c1-5-17-16(19-15(3)7-14-24(4,22)23)18-8-9-21-12-10-20(6-2)11-13-21/h15H,5-14H2,1-4H3,(H2,17,18,19). The van der Waals surface area contributed by atoms with Crippen LogP contribution in [-0.2, 0) is 9.84 Å². The van der Waals surface area contributed by atoms with Crippen LogP contribution in [0.4, 0.5) is 0 Å². The third-order valence-corrected chi connectivity index (χ3v) is 5.22. The number of nitrogens with one attached hydrogen (secondary N) is 2. The van der Waals surface area contributed by atoms with Gasteiger partial charge in [0.25, 0.3) is 0 Å². The maximum Gasteiger partial charge on any atom is 0.191 e. The molecule has 0 aromatic rings. The smallest absolute Gasteiger partial charge is 0.191 e. The number of hydrogen-bond donors (Lipinski definition) is 2. The molecule has 0 spiro atoms. The van der Waals surface area contributed by atoms with E-state index >= 15 is 0 Å². The van der Waals surface area contributed by atoms with Crippen molar-refractivity contribution < 1.29 is 8.42 Å². The second kappa shape index (κ2) is 10.9. The van der Waals surface area contributed by atoms with Gasteiger partial charge in [0.1, 0.15) is 9.84 Å². The molecule has 0 amide bonds. The SMILES string of the molecule is CCNC(=NCCN1CCN(CC)CC1)NC(C)CCS(C)(=O)=O. The lowest BCUT2D eigenvalue weighted by molar-refractivity contribution is 0.140. The molecule has 1 atom stereocenters. The minimum absolute atomic E-state index is 0.0747. The summed E-state index contributed by atoms with van der Waals surface area (Å²) in [5.74, 6) is 0.966. The van der Waals surface area contributed by atoms with Gasteiger partial charge in [-0.25, -0.2) is 8.42 Å². The fourth-order valence-electron chi connectivity index (χ4n) is 2.65. The molecule has 1 aliphatic heterocycles. The van der Waals surface area contributed by atoms with Gasteiger partial charge in [0.15, 0.2) is 5.96 Å². The second-order valence-electron chi connectivity index (χ2n) is 6.50. The van der Waals surface area contributed by atoms with Crippen LogP contribution >= 0.6 is 0 Å². The topological polar surface area (TPSA) is 77.0 Å². The second-order valence-corrected chi connectivity index (χ2v) is 8.76. The molecule has 1 aliphatic rings. The Hall–Kier alpha value is -0.860. The average Bonchev–Trinajstić information content (AvgIpc) is 2.53. The lowest BCUT2D eigenvalue weighted by Gasteiger charge is -2.33. The summed E-state index contributed by atoms with van der Waals surface area (Å²) in [5, 5.41) is 6.52. The van der Waals surface area contributed by atoms with Gasteiger partial charge in [0.2, 0.25) is 0 Å². The first-order valence-corrected chi connectivity index (χ1v) is 11.1. The van der Waals surface area contributed by atoms with Crippen molar-refractivity contribution in [1.29, 1.82) is 0 Å². The molecule has 1 saturated heterocycles. The highest BCUT2D eigenvalue weighted by Crippen LogP contribution is 2.00. The van der Waals surface area contributed by atoms with Crippen LogP contribution in [0.25, 0.3) is 0 Å². The molecule has 0 saturated carbocycles. The van der Waals surface area contributed by atoms with Crippen LogP contribution in [-0.4, -0.2) is 94.6 Å². The van der Waals surface area contributed by atoms with Gasteiger partial charge in [-0.2, -0.15) is 0 Å². The van der Waals surface area contributed by atoms with Crippen molar-refractivity contribution in [2.75, 3.05) is 64.4 Å². The minimum atomic E-state index is -2.92. The third kappa shape index (κ3) is 9.44. The molecule has 1 rings (SSSR count). The predicted octanol–water partition coefficient (Wildman–Crippen LogP) is 0.00220. The number of rotatable bonds is 9. The lowest BCUT2D eigenvalue weighted by atomic mass is 10.3. The Labute approximate surface area is 147 Å². The van der Waals surface area contributed by atoms with Crippen LogP contribution in [0.3, 0.4) is 0 Å². The number of guanidine groups is 1. The summed E-state index contributed by atoms with van der Waals surface area (Å²) in [5.41, 5.74) is 0. The number of likely N-dealkylation sites (N-methyl/N-ethyl adjacent to an activating group) is 1.